The molecule has 8 nitrogen and oxygen atoms in total. The summed E-state index contributed by atoms with van der Waals surface area (Å²) in [6, 6.07) is 5.99. The van der Waals surface area contributed by atoms with Crippen molar-refractivity contribution in [3.63, 3.8) is 0 Å². The third-order valence-corrected chi connectivity index (χ3v) is 4.17. The highest BCUT2D eigenvalue weighted by Crippen LogP contribution is 2.31. The van der Waals surface area contributed by atoms with Gasteiger partial charge in [0, 0.05) is 19.3 Å². The molecule has 0 aliphatic carbocycles. The van der Waals surface area contributed by atoms with Gasteiger partial charge >= 0.3 is 0 Å². The number of hydrogen-bond donors (Lipinski definition) is 0. The van der Waals surface area contributed by atoms with Gasteiger partial charge in [0.15, 0.2) is 0 Å². The van der Waals surface area contributed by atoms with E-state index in [1.54, 1.807) is 12.3 Å². The quantitative estimate of drug-likeness (QED) is 0.629. The Morgan fingerprint density at radius 2 is 2.00 bits per heavy atom. The maximum Gasteiger partial charge on any atom is 0.293 e. The van der Waals surface area contributed by atoms with E-state index < -0.39 is 14.9 Å². The summed E-state index contributed by atoms with van der Waals surface area (Å²) in [5.41, 5.74) is 1.04. The monoisotopic (exact) mass is 310 g/mol. The van der Waals surface area contributed by atoms with E-state index in [1.165, 1.54) is 29.9 Å². The van der Waals surface area contributed by atoms with Crippen LogP contribution in [-0.4, -0.2) is 36.4 Å². The second-order valence-corrected chi connectivity index (χ2v) is 6.58. The van der Waals surface area contributed by atoms with Gasteiger partial charge in [-0.2, -0.15) is 5.10 Å². The molecule has 0 amide bonds. The van der Waals surface area contributed by atoms with Crippen molar-refractivity contribution in [3.8, 4) is 5.69 Å². The summed E-state index contributed by atoms with van der Waals surface area (Å²) < 4.78 is 25.7. The van der Waals surface area contributed by atoms with E-state index in [4.69, 9.17) is 0 Å². The molecule has 0 spiro atoms. The molecule has 2 aromatic rings. The zero-order valence-electron chi connectivity index (χ0n) is 11.7. The Hall–Kier alpha value is -2.42. The minimum atomic E-state index is -3.61. The number of hydrogen-bond acceptors (Lipinski definition) is 5. The first-order valence-electron chi connectivity index (χ1n) is 5.95. The molecule has 0 fully saturated rings. The van der Waals surface area contributed by atoms with Crippen LogP contribution in [0.15, 0.2) is 30.5 Å². The van der Waals surface area contributed by atoms with Crippen LogP contribution in [0.2, 0.25) is 0 Å². The van der Waals surface area contributed by atoms with Crippen LogP contribution in [0.25, 0.3) is 5.69 Å². The average Bonchev–Trinajstić information content (AvgIpc) is 2.82. The molecule has 0 radical (unpaired) electrons. The maximum absolute atomic E-state index is 11.6. The molecule has 1 heterocycles. The van der Waals surface area contributed by atoms with Crippen LogP contribution in [-0.2, 0) is 10.0 Å². The van der Waals surface area contributed by atoms with Crippen molar-refractivity contribution in [2.24, 2.45) is 0 Å². The maximum atomic E-state index is 11.6. The van der Waals surface area contributed by atoms with Crippen LogP contribution in [0.4, 0.5) is 11.4 Å². The zero-order valence-corrected chi connectivity index (χ0v) is 12.5. The van der Waals surface area contributed by atoms with E-state index in [2.05, 4.69) is 5.10 Å². The van der Waals surface area contributed by atoms with Gasteiger partial charge in [0.2, 0.25) is 10.0 Å². The van der Waals surface area contributed by atoms with Crippen molar-refractivity contribution in [2.75, 3.05) is 17.6 Å². The Kier molecular flexibility index (Phi) is 3.69. The second kappa shape index (κ2) is 5.17. The van der Waals surface area contributed by atoms with Crippen LogP contribution in [0.5, 0.6) is 0 Å². The van der Waals surface area contributed by atoms with Gasteiger partial charge in [0.05, 0.1) is 22.6 Å². The highest BCUT2D eigenvalue weighted by Gasteiger charge is 2.23. The third-order valence-electron chi connectivity index (χ3n) is 2.98. The Morgan fingerprint density at radius 3 is 2.48 bits per heavy atom. The van der Waals surface area contributed by atoms with Crippen LogP contribution in [0, 0.1) is 17.0 Å². The SMILES string of the molecule is Cc1ccn(-c2ccc([N+](=O)[O-])c(N(C)S(C)(=O)=O)c2)n1. The average molecular weight is 310 g/mol. The highest BCUT2D eigenvalue weighted by atomic mass is 32.2. The first-order valence-corrected chi connectivity index (χ1v) is 7.80. The predicted octanol–water partition coefficient (Wildman–Crippen LogP) is 1.48. The topological polar surface area (TPSA) is 98.3 Å². The molecule has 0 saturated carbocycles. The number of anilines is 1. The van der Waals surface area contributed by atoms with Crippen molar-refractivity contribution in [3.05, 3.63) is 46.3 Å². The zero-order chi connectivity index (χ0) is 15.8. The molecule has 1 aromatic heterocycles. The number of benzene rings is 1. The molecular formula is C12H14N4O4S. The van der Waals surface area contributed by atoms with Crippen molar-refractivity contribution < 1.29 is 13.3 Å². The molecule has 2 rings (SSSR count). The predicted molar refractivity (Wildman–Crippen MR) is 78.2 cm³/mol. The lowest BCUT2D eigenvalue weighted by Crippen LogP contribution is -2.25. The van der Waals surface area contributed by atoms with E-state index in [0.717, 1.165) is 16.3 Å². The minimum Gasteiger partial charge on any atom is -0.267 e. The summed E-state index contributed by atoms with van der Waals surface area (Å²) in [5, 5.41) is 15.3. The molecule has 0 atom stereocenters. The molecule has 21 heavy (non-hydrogen) atoms. The van der Waals surface area contributed by atoms with Gasteiger partial charge in [0.1, 0.15) is 5.69 Å². The number of nitrogens with zero attached hydrogens (tertiary/aromatic N) is 4. The Bertz CT molecular complexity index is 797. The van der Waals surface area contributed by atoms with Crippen LogP contribution in [0.1, 0.15) is 5.69 Å². The summed E-state index contributed by atoms with van der Waals surface area (Å²) in [4.78, 5) is 10.5. The lowest BCUT2D eigenvalue weighted by Gasteiger charge is -2.17. The summed E-state index contributed by atoms with van der Waals surface area (Å²) in [5.74, 6) is 0. The summed E-state index contributed by atoms with van der Waals surface area (Å²) in [6.07, 6.45) is 2.68. The fourth-order valence-electron chi connectivity index (χ4n) is 1.80. The van der Waals surface area contributed by atoms with Crippen LogP contribution >= 0.6 is 0 Å². The van der Waals surface area contributed by atoms with Crippen molar-refractivity contribution in [1.82, 2.24) is 9.78 Å². The summed E-state index contributed by atoms with van der Waals surface area (Å²) in [7, 11) is -2.33. The molecule has 0 saturated heterocycles. The standard InChI is InChI=1S/C12H14N4O4S/c1-9-6-7-15(13-9)10-4-5-11(16(17)18)12(8-10)14(2)21(3,19)20/h4-8H,1-3H3. The number of aromatic nitrogens is 2. The van der Waals surface area contributed by atoms with Crippen LogP contribution in [0.3, 0.4) is 0 Å². The molecule has 0 bridgehead atoms. The largest absolute Gasteiger partial charge is 0.293 e. The Labute approximate surface area is 121 Å². The molecule has 0 unspecified atom stereocenters. The van der Waals surface area contributed by atoms with Gasteiger partial charge in [-0.15, -0.1) is 0 Å². The molecule has 9 heteroatoms. The van der Waals surface area contributed by atoms with E-state index >= 15 is 0 Å². The number of aryl methyl sites for hydroxylation is 1. The fourth-order valence-corrected chi connectivity index (χ4v) is 2.30. The lowest BCUT2D eigenvalue weighted by molar-refractivity contribution is -0.384. The molecule has 0 N–H and O–H groups in total. The summed E-state index contributed by atoms with van der Waals surface area (Å²) in [6.45, 7) is 1.81. The minimum absolute atomic E-state index is 0.00634. The molecule has 0 aliphatic heterocycles. The van der Waals surface area contributed by atoms with E-state index in [0.29, 0.717) is 5.69 Å². The van der Waals surface area contributed by atoms with Crippen molar-refractivity contribution in [1.29, 1.82) is 0 Å². The Morgan fingerprint density at radius 1 is 1.33 bits per heavy atom. The van der Waals surface area contributed by atoms with E-state index in [1.807, 2.05) is 6.92 Å². The van der Waals surface area contributed by atoms with Crippen molar-refractivity contribution >= 4 is 21.4 Å². The second-order valence-electron chi connectivity index (χ2n) is 4.56. The van der Waals surface area contributed by atoms with Gasteiger partial charge in [-0.1, -0.05) is 0 Å². The number of nitro groups is 1. The number of rotatable bonds is 4. The summed E-state index contributed by atoms with van der Waals surface area (Å²) >= 11 is 0. The van der Waals surface area contributed by atoms with Crippen molar-refractivity contribution in [2.45, 2.75) is 6.92 Å². The molecule has 0 aliphatic rings. The fraction of sp³-hybridized carbons (Fsp3) is 0.250. The lowest BCUT2D eigenvalue weighted by atomic mass is 10.2. The van der Waals surface area contributed by atoms with Gasteiger partial charge in [-0.3, -0.25) is 14.4 Å². The van der Waals surface area contributed by atoms with Gasteiger partial charge in [-0.05, 0) is 25.1 Å². The van der Waals surface area contributed by atoms with Gasteiger partial charge < -0.3 is 0 Å². The van der Waals surface area contributed by atoms with Crippen LogP contribution < -0.4 is 4.31 Å². The first-order chi connectivity index (χ1) is 9.70. The normalized spacial score (nSPS) is 11.4. The third kappa shape index (κ3) is 3.02. The Balaban J connectivity index is 2.62. The van der Waals surface area contributed by atoms with E-state index in [9.17, 15) is 18.5 Å². The smallest absolute Gasteiger partial charge is 0.267 e. The molecule has 1 aromatic carbocycles. The van der Waals surface area contributed by atoms with E-state index in [-0.39, 0.29) is 11.4 Å². The number of sulfonamides is 1. The molecular weight excluding hydrogens is 296 g/mol. The highest BCUT2D eigenvalue weighted by molar-refractivity contribution is 7.92. The first kappa shape index (κ1) is 15.0. The van der Waals surface area contributed by atoms with Gasteiger partial charge in [0.25, 0.3) is 5.69 Å². The van der Waals surface area contributed by atoms with Gasteiger partial charge in [-0.25, -0.2) is 13.1 Å². The number of nitro benzene ring substituents is 1. The molecule has 112 valence electrons.